The van der Waals surface area contributed by atoms with Crippen molar-refractivity contribution in [3.05, 3.63) is 23.9 Å². The molecule has 88 valence electrons. The predicted octanol–water partition coefficient (Wildman–Crippen LogP) is 1.58. The Morgan fingerprint density at radius 2 is 2.12 bits per heavy atom. The predicted molar refractivity (Wildman–Crippen MR) is 65.4 cm³/mol. The number of hydrogen-bond donors (Lipinski definition) is 1. The number of carbonyl (C=O) groups excluding carboxylic acids is 1. The summed E-state index contributed by atoms with van der Waals surface area (Å²) < 4.78 is 0. The molecule has 0 spiro atoms. The Labute approximate surface area is 96.5 Å². The molecule has 16 heavy (non-hydrogen) atoms. The zero-order valence-electron chi connectivity index (χ0n) is 9.94. The van der Waals surface area contributed by atoms with Gasteiger partial charge >= 0.3 is 0 Å². The highest BCUT2D eigenvalue weighted by Crippen LogP contribution is 2.10. The van der Waals surface area contributed by atoms with Crippen LogP contribution in [0.5, 0.6) is 0 Å². The lowest BCUT2D eigenvalue weighted by atomic mass is 10.1. The van der Waals surface area contributed by atoms with Crippen LogP contribution in [0.25, 0.3) is 0 Å². The average molecular weight is 221 g/mol. The molecule has 0 atom stereocenters. The van der Waals surface area contributed by atoms with Crippen molar-refractivity contribution in [3.8, 4) is 0 Å². The largest absolute Gasteiger partial charge is 0.383 e. The molecule has 0 amide bonds. The van der Waals surface area contributed by atoms with Crippen LogP contribution in [-0.4, -0.2) is 35.3 Å². The normalized spacial score (nSPS) is 10.7. The minimum Gasteiger partial charge on any atom is -0.383 e. The Bertz CT molecular complexity index is 348. The molecule has 4 heteroatoms. The van der Waals surface area contributed by atoms with Crippen LogP contribution in [0.15, 0.2) is 18.3 Å². The van der Waals surface area contributed by atoms with Crippen molar-refractivity contribution in [2.45, 2.75) is 20.3 Å². The van der Waals surface area contributed by atoms with Crippen LogP contribution in [0.4, 0.5) is 5.82 Å². The van der Waals surface area contributed by atoms with E-state index in [0.717, 1.165) is 19.6 Å². The molecule has 0 aliphatic heterocycles. The number of aromatic nitrogens is 1. The number of rotatable bonds is 6. The molecule has 0 saturated heterocycles. The number of hydrogen-bond acceptors (Lipinski definition) is 4. The Morgan fingerprint density at radius 3 is 2.69 bits per heavy atom. The van der Waals surface area contributed by atoms with Gasteiger partial charge in [0.2, 0.25) is 0 Å². The van der Waals surface area contributed by atoms with E-state index < -0.39 is 0 Å². The van der Waals surface area contributed by atoms with E-state index in [2.05, 4.69) is 23.7 Å². The Balaban J connectivity index is 2.56. The summed E-state index contributed by atoms with van der Waals surface area (Å²) in [5, 5.41) is 0. The first-order valence-corrected chi connectivity index (χ1v) is 5.65. The number of nitrogens with two attached hydrogens (primary N) is 1. The van der Waals surface area contributed by atoms with E-state index in [4.69, 9.17) is 5.73 Å². The van der Waals surface area contributed by atoms with Gasteiger partial charge in [-0.25, -0.2) is 4.98 Å². The molecule has 1 aromatic heterocycles. The summed E-state index contributed by atoms with van der Waals surface area (Å²) in [4.78, 5) is 18.0. The fourth-order valence-corrected chi connectivity index (χ4v) is 1.59. The van der Waals surface area contributed by atoms with Crippen LogP contribution < -0.4 is 5.73 Å². The monoisotopic (exact) mass is 221 g/mol. The maximum Gasteiger partial charge on any atom is 0.167 e. The summed E-state index contributed by atoms with van der Waals surface area (Å²) >= 11 is 0. The molecule has 0 aromatic carbocycles. The van der Waals surface area contributed by atoms with Crippen LogP contribution >= 0.6 is 0 Å². The molecule has 1 heterocycles. The summed E-state index contributed by atoms with van der Waals surface area (Å²) in [7, 11) is 0. The number of ketones is 1. The summed E-state index contributed by atoms with van der Waals surface area (Å²) in [6.45, 7) is 6.89. The minimum absolute atomic E-state index is 0.0671. The van der Waals surface area contributed by atoms with Crippen molar-refractivity contribution in [1.82, 2.24) is 9.88 Å². The SMILES string of the molecule is CCN(CC)CCC(=O)c1cccnc1N. The van der Waals surface area contributed by atoms with Crippen LogP contribution in [-0.2, 0) is 0 Å². The van der Waals surface area contributed by atoms with Gasteiger partial charge in [0.25, 0.3) is 0 Å². The smallest absolute Gasteiger partial charge is 0.167 e. The molecule has 1 rings (SSSR count). The zero-order valence-corrected chi connectivity index (χ0v) is 9.94. The van der Waals surface area contributed by atoms with E-state index in [0.29, 0.717) is 17.8 Å². The van der Waals surface area contributed by atoms with Crippen LogP contribution in [0.3, 0.4) is 0 Å². The molecule has 1 aromatic rings. The lowest BCUT2D eigenvalue weighted by Gasteiger charge is -2.17. The quantitative estimate of drug-likeness (QED) is 0.741. The maximum atomic E-state index is 11.9. The Hall–Kier alpha value is -1.42. The molecule has 0 bridgehead atoms. The Kier molecular flexibility index (Phi) is 4.92. The first-order chi connectivity index (χ1) is 7.69. The molecular formula is C12H19N3O. The third-order valence-corrected chi connectivity index (χ3v) is 2.69. The standard InChI is InChI=1S/C12H19N3O/c1-3-15(4-2)9-7-11(16)10-6-5-8-14-12(10)13/h5-6,8H,3-4,7,9H2,1-2H3,(H2,13,14). The first kappa shape index (κ1) is 12.6. The van der Waals surface area contributed by atoms with E-state index >= 15 is 0 Å². The van der Waals surface area contributed by atoms with Crippen LogP contribution in [0.2, 0.25) is 0 Å². The number of pyridine rings is 1. The van der Waals surface area contributed by atoms with Gasteiger partial charge in [-0.2, -0.15) is 0 Å². The van der Waals surface area contributed by atoms with Gasteiger partial charge in [-0.15, -0.1) is 0 Å². The van der Waals surface area contributed by atoms with Crippen molar-refractivity contribution >= 4 is 11.6 Å². The van der Waals surface area contributed by atoms with Crippen LogP contribution in [0.1, 0.15) is 30.6 Å². The van der Waals surface area contributed by atoms with Crippen molar-refractivity contribution < 1.29 is 4.79 Å². The van der Waals surface area contributed by atoms with Gasteiger partial charge in [0.1, 0.15) is 5.82 Å². The molecular weight excluding hydrogens is 202 g/mol. The molecule has 2 N–H and O–H groups in total. The minimum atomic E-state index is 0.0671. The number of Topliss-reactive ketones (excluding diaryl/α,β-unsaturated/α-hetero) is 1. The second-order valence-corrected chi connectivity index (χ2v) is 3.64. The molecule has 4 nitrogen and oxygen atoms in total. The second kappa shape index (κ2) is 6.23. The van der Waals surface area contributed by atoms with Gasteiger partial charge in [-0.05, 0) is 25.2 Å². The average Bonchev–Trinajstić information content (AvgIpc) is 2.30. The van der Waals surface area contributed by atoms with Gasteiger partial charge in [-0.3, -0.25) is 4.79 Å². The van der Waals surface area contributed by atoms with Gasteiger partial charge < -0.3 is 10.6 Å². The molecule has 0 fully saturated rings. The highest BCUT2D eigenvalue weighted by molar-refractivity contribution is 5.99. The van der Waals surface area contributed by atoms with E-state index in [1.807, 2.05) is 0 Å². The van der Waals surface area contributed by atoms with Crippen LogP contribution in [0, 0.1) is 0 Å². The molecule has 0 saturated carbocycles. The van der Waals surface area contributed by atoms with Gasteiger partial charge in [0.15, 0.2) is 5.78 Å². The summed E-state index contributed by atoms with van der Waals surface area (Å²) in [5.74, 6) is 0.393. The first-order valence-electron chi connectivity index (χ1n) is 5.65. The fraction of sp³-hybridized carbons (Fsp3) is 0.500. The lowest BCUT2D eigenvalue weighted by molar-refractivity contribution is 0.0967. The summed E-state index contributed by atoms with van der Waals surface area (Å²) in [5.41, 5.74) is 6.18. The van der Waals surface area contributed by atoms with Gasteiger partial charge in [-0.1, -0.05) is 13.8 Å². The molecule has 0 radical (unpaired) electrons. The highest BCUT2D eigenvalue weighted by atomic mass is 16.1. The molecule has 0 unspecified atom stereocenters. The molecule has 0 aliphatic rings. The van der Waals surface area contributed by atoms with Crippen molar-refractivity contribution in [1.29, 1.82) is 0 Å². The van der Waals surface area contributed by atoms with E-state index in [1.165, 1.54) is 0 Å². The topological polar surface area (TPSA) is 59.2 Å². The van der Waals surface area contributed by atoms with Crippen molar-refractivity contribution in [2.24, 2.45) is 0 Å². The van der Waals surface area contributed by atoms with Crippen molar-refractivity contribution in [2.75, 3.05) is 25.4 Å². The molecule has 0 aliphatic carbocycles. The van der Waals surface area contributed by atoms with Crippen molar-refractivity contribution in [3.63, 3.8) is 0 Å². The zero-order chi connectivity index (χ0) is 12.0. The third-order valence-electron chi connectivity index (χ3n) is 2.69. The number of nitrogens with zero attached hydrogens (tertiary/aromatic N) is 2. The fourth-order valence-electron chi connectivity index (χ4n) is 1.59. The summed E-state index contributed by atoms with van der Waals surface area (Å²) in [6, 6.07) is 3.47. The van der Waals surface area contributed by atoms with E-state index in [1.54, 1.807) is 18.3 Å². The number of carbonyl (C=O) groups is 1. The second-order valence-electron chi connectivity index (χ2n) is 3.64. The van der Waals surface area contributed by atoms with E-state index in [9.17, 15) is 4.79 Å². The van der Waals surface area contributed by atoms with Gasteiger partial charge in [0, 0.05) is 19.2 Å². The Morgan fingerprint density at radius 1 is 1.44 bits per heavy atom. The third kappa shape index (κ3) is 3.31. The maximum absolute atomic E-state index is 11.9. The van der Waals surface area contributed by atoms with E-state index in [-0.39, 0.29) is 5.78 Å². The summed E-state index contributed by atoms with van der Waals surface area (Å²) in [6.07, 6.45) is 2.09. The number of anilines is 1. The lowest BCUT2D eigenvalue weighted by Crippen LogP contribution is -2.26. The highest BCUT2D eigenvalue weighted by Gasteiger charge is 2.11. The number of nitrogen functional groups attached to an aromatic ring is 1. The van der Waals surface area contributed by atoms with Gasteiger partial charge in [0.05, 0.1) is 5.56 Å².